The van der Waals surface area contributed by atoms with Gasteiger partial charge in [-0.05, 0) is 42.8 Å². The molecule has 0 bridgehead atoms. The number of hydrogen-bond acceptors (Lipinski definition) is 2. The van der Waals surface area contributed by atoms with Crippen LogP contribution in [0.2, 0.25) is 0 Å². The highest BCUT2D eigenvalue weighted by Crippen LogP contribution is 2.24. The van der Waals surface area contributed by atoms with Crippen LogP contribution in [-0.4, -0.2) is 11.7 Å². The molecule has 3 heteroatoms. The predicted molar refractivity (Wildman–Crippen MR) is 81.3 cm³/mol. The van der Waals surface area contributed by atoms with E-state index in [0.29, 0.717) is 0 Å². The molecule has 3 aromatic rings. The van der Waals surface area contributed by atoms with Crippen LogP contribution >= 0.6 is 11.3 Å². The summed E-state index contributed by atoms with van der Waals surface area (Å²) in [6, 6.07) is 12.8. The Morgan fingerprint density at radius 3 is 2.68 bits per heavy atom. The standard InChI is InChI=1S/C16H17NOS/c1-3-14-5-6-15(19-14)11-17-9-8-12-10-13(18-2)4-7-16(12)17/h4-10H,3,11H2,1-2H3. The molecule has 2 nitrogen and oxygen atoms in total. The van der Waals surface area contributed by atoms with Gasteiger partial charge in [-0.3, -0.25) is 0 Å². The first-order chi connectivity index (χ1) is 9.30. The quantitative estimate of drug-likeness (QED) is 0.689. The molecule has 1 aromatic carbocycles. The molecule has 0 aliphatic carbocycles. The molecule has 19 heavy (non-hydrogen) atoms. The fourth-order valence-electron chi connectivity index (χ4n) is 2.31. The summed E-state index contributed by atoms with van der Waals surface area (Å²) in [4.78, 5) is 2.86. The van der Waals surface area contributed by atoms with Gasteiger partial charge in [-0.25, -0.2) is 0 Å². The van der Waals surface area contributed by atoms with E-state index in [1.165, 1.54) is 20.7 Å². The minimum Gasteiger partial charge on any atom is -0.497 e. The Balaban J connectivity index is 1.92. The molecule has 0 unspecified atom stereocenters. The summed E-state index contributed by atoms with van der Waals surface area (Å²) in [5, 5.41) is 1.23. The number of nitrogens with zero attached hydrogens (tertiary/aromatic N) is 1. The second-order valence-electron chi connectivity index (χ2n) is 4.59. The van der Waals surface area contributed by atoms with Gasteiger partial charge in [0, 0.05) is 26.9 Å². The first kappa shape index (κ1) is 12.3. The molecule has 0 radical (unpaired) electrons. The molecule has 0 saturated carbocycles. The van der Waals surface area contributed by atoms with Crippen molar-refractivity contribution in [1.29, 1.82) is 0 Å². The van der Waals surface area contributed by atoms with Gasteiger partial charge in [0.05, 0.1) is 13.7 Å². The van der Waals surface area contributed by atoms with Crippen molar-refractivity contribution < 1.29 is 4.74 Å². The molecule has 0 N–H and O–H groups in total. The van der Waals surface area contributed by atoms with Crippen molar-refractivity contribution in [2.45, 2.75) is 19.9 Å². The second kappa shape index (κ2) is 5.10. The number of methoxy groups -OCH3 is 1. The van der Waals surface area contributed by atoms with Gasteiger partial charge in [-0.15, -0.1) is 11.3 Å². The molecule has 0 atom stereocenters. The maximum Gasteiger partial charge on any atom is 0.119 e. The number of aromatic nitrogens is 1. The molecule has 0 amide bonds. The first-order valence-electron chi connectivity index (χ1n) is 6.50. The Bertz CT molecular complexity index is 696. The van der Waals surface area contributed by atoms with E-state index in [2.05, 4.69) is 48.0 Å². The Morgan fingerprint density at radius 2 is 1.95 bits per heavy atom. The summed E-state index contributed by atoms with van der Waals surface area (Å²) in [7, 11) is 1.70. The average molecular weight is 271 g/mol. The summed E-state index contributed by atoms with van der Waals surface area (Å²) in [5.74, 6) is 0.912. The fourth-order valence-corrected chi connectivity index (χ4v) is 3.27. The molecule has 0 aliphatic heterocycles. The minimum atomic E-state index is 0.912. The molecule has 2 aromatic heterocycles. The lowest BCUT2D eigenvalue weighted by Crippen LogP contribution is -1.95. The topological polar surface area (TPSA) is 14.2 Å². The van der Waals surface area contributed by atoms with Crippen LogP contribution in [0.4, 0.5) is 0 Å². The van der Waals surface area contributed by atoms with Gasteiger partial charge in [0.1, 0.15) is 5.75 Å². The number of benzene rings is 1. The monoisotopic (exact) mass is 271 g/mol. The van der Waals surface area contributed by atoms with Crippen molar-refractivity contribution in [3.63, 3.8) is 0 Å². The first-order valence-corrected chi connectivity index (χ1v) is 7.32. The highest BCUT2D eigenvalue weighted by Gasteiger charge is 2.05. The number of thiophene rings is 1. The van der Waals surface area contributed by atoms with Crippen LogP contribution in [0.3, 0.4) is 0 Å². The van der Waals surface area contributed by atoms with Crippen molar-refractivity contribution in [2.24, 2.45) is 0 Å². The van der Waals surface area contributed by atoms with Crippen LogP contribution in [0.5, 0.6) is 5.75 Å². The smallest absolute Gasteiger partial charge is 0.119 e. The maximum absolute atomic E-state index is 5.26. The molecular weight excluding hydrogens is 254 g/mol. The predicted octanol–water partition coefficient (Wildman–Crippen LogP) is 4.32. The van der Waals surface area contributed by atoms with E-state index < -0.39 is 0 Å². The number of fused-ring (bicyclic) bond motifs is 1. The number of rotatable bonds is 4. The van der Waals surface area contributed by atoms with Crippen molar-refractivity contribution in [2.75, 3.05) is 7.11 Å². The van der Waals surface area contributed by atoms with E-state index in [-0.39, 0.29) is 0 Å². The Hall–Kier alpha value is -1.74. The molecule has 0 fully saturated rings. The number of aryl methyl sites for hydroxylation is 1. The van der Waals surface area contributed by atoms with E-state index in [0.717, 1.165) is 18.7 Å². The lowest BCUT2D eigenvalue weighted by Gasteiger charge is -2.04. The van der Waals surface area contributed by atoms with Gasteiger partial charge < -0.3 is 9.30 Å². The van der Waals surface area contributed by atoms with Crippen molar-refractivity contribution in [3.8, 4) is 5.75 Å². The molecule has 0 aliphatic rings. The molecule has 98 valence electrons. The Morgan fingerprint density at radius 1 is 1.11 bits per heavy atom. The third kappa shape index (κ3) is 2.38. The van der Waals surface area contributed by atoms with Gasteiger partial charge in [0.2, 0.25) is 0 Å². The van der Waals surface area contributed by atoms with Gasteiger partial charge in [-0.1, -0.05) is 6.92 Å². The molecule has 2 heterocycles. The lowest BCUT2D eigenvalue weighted by atomic mass is 10.2. The van der Waals surface area contributed by atoms with Gasteiger partial charge in [0.25, 0.3) is 0 Å². The Labute approximate surface area is 117 Å². The van der Waals surface area contributed by atoms with Crippen molar-refractivity contribution in [3.05, 3.63) is 52.3 Å². The SMILES string of the molecule is CCc1ccc(Cn2ccc3cc(OC)ccc32)s1. The number of hydrogen-bond donors (Lipinski definition) is 0. The van der Waals surface area contributed by atoms with Crippen LogP contribution in [0.15, 0.2) is 42.6 Å². The molecular formula is C16H17NOS. The summed E-state index contributed by atoms with van der Waals surface area (Å²) in [6.07, 6.45) is 3.27. The highest BCUT2D eigenvalue weighted by atomic mass is 32.1. The molecule has 0 saturated heterocycles. The zero-order valence-electron chi connectivity index (χ0n) is 11.2. The third-order valence-corrected chi connectivity index (χ3v) is 4.58. The van der Waals surface area contributed by atoms with E-state index >= 15 is 0 Å². The molecule has 3 rings (SSSR count). The van der Waals surface area contributed by atoms with E-state index in [4.69, 9.17) is 4.74 Å². The van der Waals surface area contributed by atoms with Crippen LogP contribution in [0, 0.1) is 0 Å². The summed E-state index contributed by atoms with van der Waals surface area (Å²) in [5.41, 5.74) is 1.26. The lowest BCUT2D eigenvalue weighted by molar-refractivity contribution is 0.415. The normalized spacial score (nSPS) is 11.1. The van der Waals surface area contributed by atoms with E-state index in [1.807, 2.05) is 17.4 Å². The minimum absolute atomic E-state index is 0.912. The largest absolute Gasteiger partial charge is 0.497 e. The van der Waals surface area contributed by atoms with Crippen LogP contribution in [0.1, 0.15) is 16.7 Å². The zero-order chi connectivity index (χ0) is 13.2. The summed E-state index contributed by atoms with van der Waals surface area (Å²) >= 11 is 1.90. The van der Waals surface area contributed by atoms with Gasteiger partial charge >= 0.3 is 0 Å². The van der Waals surface area contributed by atoms with Crippen LogP contribution in [-0.2, 0) is 13.0 Å². The van der Waals surface area contributed by atoms with Crippen molar-refractivity contribution in [1.82, 2.24) is 4.57 Å². The molecule has 0 spiro atoms. The second-order valence-corrected chi connectivity index (χ2v) is 5.84. The van der Waals surface area contributed by atoms with Crippen molar-refractivity contribution >= 4 is 22.2 Å². The van der Waals surface area contributed by atoms with Gasteiger partial charge in [-0.2, -0.15) is 0 Å². The number of ether oxygens (including phenoxy) is 1. The maximum atomic E-state index is 5.26. The fraction of sp³-hybridized carbons (Fsp3) is 0.250. The average Bonchev–Trinajstić information content (AvgIpc) is 3.06. The Kier molecular flexibility index (Phi) is 3.30. The summed E-state index contributed by atoms with van der Waals surface area (Å²) in [6.45, 7) is 3.15. The van der Waals surface area contributed by atoms with Gasteiger partial charge in [0.15, 0.2) is 0 Å². The van der Waals surface area contributed by atoms with Crippen LogP contribution < -0.4 is 4.74 Å². The summed E-state index contributed by atoms with van der Waals surface area (Å²) < 4.78 is 7.55. The van der Waals surface area contributed by atoms with E-state index in [9.17, 15) is 0 Å². The zero-order valence-corrected chi connectivity index (χ0v) is 12.0. The highest BCUT2D eigenvalue weighted by molar-refractivity contribution is 7.11. The van der Waals surface area contributed by atoms with Crippen LogP contribution in [0.25, 0.3) is 10.9 Å². The van der Waals surface area contributed by atoms with E-state index in [1.54, 1.807) is 7.11 Å². The third-order valence-electron chi connectivity index (χ3n) is 3.37.